The predicted molar refractivity (Wildman–Crippen MR) is 108 cm³/mol. The minimum Gasteiger partial charge on any atom is -0.268 e. The molecule has 0 unspecified atom stereocenters. The van der Waals surface area contributed by atoms with Crippen molar-refractivity contribution in [3.05, 3.63) is 80.8 Å². The van der Waals surface area contributed by atoms with E-state index < -0.39 is 0 Å². The number of carbonyl (C=O) groups excluding carboxylic acids is 2. The summed E-state index contributed by atoms with van der Waals surface area (Å²) in [6.07, 6.45) is 0. The fraction of sp³-hybridized carbons (Fsp3) is 0. The van der Waals surface area contributed by atoms with Crippen molar-refractivity contribution in [2.24, 2.45) is 0 Å². The molecule has 2 amide bonds. The lowest BCUT2D eigenvalue weighted by Gasteiger charge is -2.17. The zero-order valence-corrected chi connectivity index (χ0v) is 17.5. The molecule has 4 rings (SSSR count). The highest BCUT2D eigenvalue weighted by atomic mass is 79.9. The molecule has 0 radical (unpaired) electrons. The Morgan fingerprint density at radius 3 is 1.42 bits per heavy atom. The van der Waals surface area contributed by atoms with Crippen molar-refractivity contribution in [3.63, 3.8) is 0 Å². The Kier molecular flexibility index (Phi) is 4.47. The first-order valence-electron chi connectivity index (χ1n) is 7.41. The highest BCUT2D eigenvalue weighted by molar-refractivity contribution is 9.08. The summed E-state index contributed by atoms with van der Waals surface area (Å²) in [6.45, 7) is 0. The van der Waals surface area contributed by atoms with E-state index in [9.17, 15) is 9.59 Å². The second kappa shape index (κ2) is 6.53. The SMILES string of the molecule is O=C1C2=C(c3cccc(Cl)c3)N(Br)C(=O)C2=C(c2cccc(Cl)c2)N1Br. The molecule has 0 atom stereocenters. The van der Waals surface area contributed by atoms with Gasteiger partial charge in [-0.1, -0.05) is 47.5 Å². The van der Waals surface area contributed by atoms with E-state index in [-0.39, 0.29) is 11.8 Å². The molecular formula is C18H8Br2Cl2N2O2. The van der Waals surface area contributed by atoms with Gasteiger partial charge in [-0.25, -0.2) is 7.85 Å². The summed E-state index contributed by atoms with van der Waals surface area (Å²) in [5.41, 5.74) is 2.85. The number of benzene rings is 2. The van der Waals surface area contributed by atoms with Gasteiger partial charge in [-0.15, -0.1) is 0 Å². The second-order valence-electron chi connectivity index (χ2n) is 5.64. The number of carbonyl (C=O) groups is 2. The van der Waals surface area contributed by atoms with E-state index in [1.165, 1.54) is 7.85 Å². The number of halogens is 4. The fourth-order valence-corrected chi connectivity index (χ4v) is 4.54. The topological polar surface area (TPSA) is 40.6 Å². The molecule has 2 aromatic rings. The van der Waals surface area contributed by atoms with Gasteiger partial charge in [0.1, 0.15) is 0 Å². The van der Waals surface area contributed by atoms with Crippen LogP contribution in [0.25, 0.3) is 11.4 Å². The van der Waals surface area contributed by atoms with Gasteiger partial charge < -0.3 is 0 Å². The maximum atomic E-state index is 12.9. The minimum atomic E-state index is -0.333. The van der Waals surface area contributed by atoms with Gasteiger partial charge in [0.25, 0.3) is 11.8 Å². The zero-order valence-electron chi connectivity index (χ0n) is 12.8. The summed E-state index contributed by atoms with van der Waals surface area (Å²) >= 11 is 18.7. The molecule has 0 aromatic heterocycles. The smallest absolute Gasteiger partial charge is 0.268 e. The molecule has 0 bridgehead atoms. The molecule has 26 heavy (non-hydrogen) atoms. The summed E-state index contributed by atoms with van der Waals surface area (Å²) in [7, 11) is 0. The molecule has 0 aliphatic carbocycles. The lowest BCUT2D eigenvalue weighted by atomic mass is 10.0. The third kappa shape index (κ3) is 2.63. The third-order valence-electron chi connectivity index (χ3n) is 4.10. The average Bonchev–Trinajstić information content (AvgIpc) is 3.01. The molecule has 0 spiro atoms. The highest BCUT2D eigenvalue weighted by Gasteiger charge is 2.48. The van der Waals surface area contributed by atoms with E-state index in [2.05, 4.69) is 32.3 Å². The Labute approximate surface area is 176 Å². The van der Waals surface area contributed by atoms with Crippen molar-refractivity contribution in [1.29, 1.82) is 0 Å². The normalized spacial score (nSPS) is 16.9. The second-order valence-corrected chi connectivity index (χ2v) is 7.93. The molecule has 2 aliphatic rings. The van der Waals surface area contributed by atoms with Gasteiger partial charge >= 0.3 is 0 Å². The van der Waals surface area contributed by atoms with Crippen molar-refractivity contribution >= 4 is 78.7 Å². The summed E-state index contributed by atoms with van der Waals surface area (Å²) in [4.78, 5) is 25.9. The van der Waals surface area contributed by atoms with Gasteiger partial charge in [-0.2, -0.15) is 0 Å². The van der Waals surface area contributed by atoms with Crippen LogP contribution in [-0.2, 0) is 9.59 Å². The number of hydrogen-bond donors (Lipinski definition) is 0. The van der Waals surface area contributed by atoms with Crippen LogP contribution in [-0.4, -0.2) is 19.7 Å². The van der Waals surface area contributed by atoms with E-state index >= 15 is 0 Å². The Hall–Kier alpha value is -1.60. The van der Waals surface area contributed by atoms with E-state index in [0.717, 1.165) is 0 Å². The van der Waals surface area contributed by atoms with Crippen molar-refractivity contribution in [3.8, 4) is 0 Å². The van der Waals surface area contributed by atoms with E-state index in [1.54, 1.807) is 48.5 Å². The number of rotatable bonds is 2. The maximum Gasteiger partial charge on any atom is 0.271 e. The lowest BCUT2D eigenvalue weighted by Crippen LogP contribution is -2.19. The summed E-state index contributed by atoms with van der Waals surface area (Å²) in [5.74, 6) is -0.666. The average molecular weight is 515 g/mol. The monoisotopic (exact) mass is 512 g/mol. The molecule has 0 N–H and O–H groups in total. The first-order chi connectivity index (χ1) is 12.4. The van der Waals surface area contributed by atoms with Crippen LogP contribution >= 0.6 is 55.5 Å². The molecule has 2 heterocycles. The van der Waals surface area contributed by atoms with Gasteiger partial charge in [0.15, 0.2) is 0 Å². The van der Waals surface area contributed by atoms with Crippen LogP contribution in [0.4, 0.5) is 0 Å². The Bertz CT molecular complexity index is 965. The van der Waals surface area contributed by atoms with Crippen LogP contribution < -0.4 is 0 Å². The number of nitrogens with zero attached hydrogens (tertiary/aromatic N) is 2. The fourth-order valence-electron chi connectivity index (χ4n) is 3.04. The van der Waals surface area contributed by atoms with Crippen LogP contribution in [0.1, 0.15) is 11.1 Å². The standard InChI is InChI=1S/C18H8Br2Cl2N2O2/c19-23-15(9-3-1-5-11(21)7-9)13-14(18(23)26)16(24(20)17(13)25)10-4-2-6-12(22)8-10/h1-8H. The first-order valence-corrected chi connectivity index (χ1v) is 9.59. The number of hydrogen-bond acceptors (Lipinski definition) is 2. The molecule has 0 fully saturated rings. The van der Waals surface area contributed by atoms with Crippen LogP contribution in [0.2, 0.25) is 10.0 Å². The molecule has 8 heteroatoms. The third-order valence-corrected chi connectivity index (χ3v) is 5.92. The molecule has 0 saturated heterocycles. The van der Waals surface area contributed by atoms with Crippen molar-refractivity contribution in [2.75, 3.05) is 0 Å². The predicted octanol–water partition coefficient (Wildman–Crippen LogP) is 5.42. The maximum absolute atomic E-state index is 12.9. The summed E-state index contributed by atoms with van der Waals surface area (Å²) in [6, 6.07) is 14.0. The first kappa shape index (κ1) is 17.8. The van der Waals surface area contributed by atoms with E-state index in [4.69, 9.17) is 23.2 Å². The van der Waals surface area contributed by atoms with Gasteiger partial charge in [-0.3, -0.25) is 9.59 Å². The van der Waals surface area contributed by atoms with Gasteiger partial charge in [0, 0.05) is 21.2 Å². The number of fused-ring (bicyclic) bond motifs is 1. The van der Waals surface area contributed by atoms with Crippen LogP contribution in [0, 0.1) is 0 Å². The van der Waals surface area contributed by atoms with Crippen LogP contribution in [0.5, 0.6) is 0 Å². The van der Waals surface area contributed by atoms with Gasteiger partial charge in [-0.05, 0) is 24.3 Å². The Morgan fingerprint density at radius 2 is 1.08 bits per heavy atom. The quantitative estimate of drug-likeness (QED) is 0.502. The molecule has 2 aliphatic heterocycles. The van der Waals surface area contributed by atoms with Crippen LogP contribution in [0.15, 0.2) is 59.7 Å². The van der Waals surface area contributed by atoms with E-state index in [1.807, 2.05) is 0 Å². The lowest BCUT2D eigenvalue weighted by molar-refractivity contribution is -0.120. The summed E-state index contributed by atoms with van der Waals surface area (Å²) in [5, 5.41) is 1.02. The Balaban J connectivity index is 2.01. The number of amides is 2. The molecule has 130 valence electrons. The highest BCUT2D eigenvalue weighted by Crippen LogP contribution is 2.48. The summed E-state index contributed by atoms with van der Waals surface area (Å²) < 4.78 is 2.59. The van der Waals surface area contributed by atoms with Crippen molar-refractivity contribution in [2.45, 2.75) is 0 Å². The van der Waals surface area contributed by atoms with Crippen molar-refractivity contribution < 1.29 is 9.59 Å². The molecule has 2 aromatic carbocycles. The molecular weight excluding hydrogens is 507 g/mol. The van der Waals surface area contributed by atoms with Crippen molar-refractivity contribution in [1.82, 2.24) is 7.85 Å². The minimum absolute atomic E-state index is 0.306. The van der Waals surface area contributed by atoms with E-state index in [0.29, 0.717) is 43.7 Å². The van der Waals surface area contributed by atoms with Crippen LogP contribution in [0.3, 0.4) is 0 Å². The van der Waals surface area contributed by atoms with Gasteiger partial charge in [0.05, 0.1) is 54.8 Å². The largest absolute Gasteiger partial charge is 0.271 e. The Morgan fingerprint density at radius 1 is 0.692 bits per heavy atom. The van der Waals surface area contributed by atoms with Gasteiger partial charge in [0.2, 0.25) is 0 Å². The molecule has 4 nitrogen and oxygen atoms in total. The zero-order chi connectivity index (χ0) is 18.6. The molecule has 0 saturated carbocycles.